The Kier molecular flexibility index (Phi) is 4.17. The molecule has 2 aliphatic carbocycles. The molecule has 3 nitrogen and oxygen atoms in total. The van der Waals surface area contributed by atoms with Crippen LogP contribution in [0.5, 0.6) is 5.75 Å². The molecule has 2 fully saturated rings. The third kappa shape index (κ3) is 3.00. The van der Waals surface area contributed by atoms with Crippen LogP contribution in [0.15, 0.2) is 42.5 Å². The van der Waals surface area contributed by atoms with Crippen molar-refractivity contribution in [3.05, 3.63) is 42.5 Å². The molecule has 2 aromatic carbocycles. The van der Waals surface area contributed by atoms with Gasteiger partial charge in [0, 0.05) is 6.04 Å². The van der Waals surface area contributed by atoms with Crippen LogP contribution in [0.4, 0.5) is 0 Å². The van der Waals surface area contributed by atoms with Crippen molar-refractivity contribution < 1.29 is 9.53 Å². The van der Waals surface area contributed by atoms with E-state index in [1.54, 1.807) is 0 Å². The van der Waals surface area contributed by atoms with Crippen molar-refractivity contribution in [2.75, 3.05) is 0 Å². The van der Waals surface area contributed by atoms with Gasteiger partial charge in [-0.05, 0) is 60.4 Å². The highest BCUT2D eigenvalue weighted by Crippen LogP contribution is 2.44. The molecule has 4 rings (SSSR count). The van der Waals surface area contributed by atoms with E-state index in [9.17, 15) is 4.79 Å². The number of hydrogen-bond donors (Lipinski definition) is 1. The number of carbonyl (C=O) groups excluding carboxylic acids is 1. The summed E-state index contributed by atoms with van der Waals surface area (Å²) in [5.74, 6) is 2.34. The van der Waals surface area contributed by atoms with Gasteiger partial charge in [0.1, 0.15) is 5.75 Å². The van der Waals surface area contributed by atoms with Gasteiger partial charge in [0.2, 0.25) is 0 Å². The predicted molar refractivity (Wildman–Crippen MR) is 96.0 cm³/mol. The van der Waals surface area contributed by atoms with Gasteiger partial charge in [-0.15, -0.1) is 0 Å². The molecule has 0 radical (unpaired) electrons. The molecule has 0 aliphatic heterocycles. The fourth-order valence-electron chi connectivity index (χ4n) is 4.42. The molecule has 1 amide bonds. The summed E-state index contributed by atoms with van der Waals surface area (Å²) in [6, 6.07) is 14.6. The molecule has 3 heteroatoms. The fraction of sp³-hybridized carbons (Fsp3) is 0.476. The Balaban J connectivity index is 1.43. The summed E-state index contributed by atoms with van der Waals surface area (Å²) in [7, 11) is 0. The second-order valence-electron chi connectivity index (χ2n) is 7.31. The smallest absolute Gasteiger partial charge is 0.261 e. The Morgan fingerprint density at radius 2 is 2.00 bits per heavy atom. The van der Waals surface area contributed by atoms with Gasteiger partial charge < -0.3 is 10.1 Å². The average Bonchev–Trinajstić information content (AvgIpc) is 3.22. The predicted octanol–water partition coefficient (Wildman–Crippen LogP) is 4.30. The van der Waals surface area contributed by atoms with Crippen LogP contribution in [0.2, 0.25) is 0 Å². The van der Waals surface area contributed by atoms with Gasteiger partial charge >= 0.3 is 0 Å². The summed E-state index contributed by atoms with van der Waals surface area (Å²) < 4.78 is 6.01. The molecule has 24 heavy (non-hydrogen) atoms. The van der Waals surface area contributed by atoms with Crippen molar-refractivity contribution in [3.8, 4) is 5.75 Å². The first kappa shape index (κ1) is 15.5. The van der Waals surface area contributed by atoms with E-state index >= 15 is 0 Å². The van der Waals surface area contributed by atoms with Crippen molar-refractivity contribution in [3.63, 3.8) is 0 Å². The van der Waals surface area contributed by atoms with Crippen molar-refractivity contribution in [1.82, 2.24) is 5.32 Å². The SMILES string of the molecule is CC[C@@H](Oc1ccc2ccccc2c1)C(=O)N[C@@H]1C[C@H]2CC[C@H]1C2. The maximum absolute atomic E-state index is 12.6. The minimum atomic E-state index is -0.412. The van der Waals surface area contributed by atoms with Crippen LogP contribution >= 0.6 is 0 Å². The summed E-state index contributed by atoms with van der Waals surface area (Å²) >= 11 is 0. The Morgan fingerprint density at radius 1 is 1.17 bits per heavy atom. The van der Waals surface area contributed by atoms with Gasteiger partial charge in [-0.2, -0.15) is 0 Å². The normalized spacial score (nSPS) is 26.5. The van der Waals surface area contributed by atoms with Crippen LogP contribution in [0.25, 0.3) is 10.8 Å². The molecule has 0 unspecified atom stereocenters. The highest BCUT2D eigenvalue weighted by Gasteiger charge is 2.40. The van der Waals surface area contributed by atoms with Gasteiger partial charge in [0.05, 0.1) is 0 Å². The molecule has 2 aliphatic rings. The van der Waals surface area contributed by atoms with E-state index in [-0.39, 0.29) is 5.91 Å². The summed E-state index contributed by atoms with van der Waals surface area (Å²) in [5.41, 5.74) is 0. The van der Waals surface area contributed by atoms with Crippen LogP contribution in [0.3, 0.4) is 0 Å². The van der Waals surface area contributed by atoms with Gasteiger partial charge in [-0.25, -0.2) is 0 Å². The van der Waals surface area contributed by atoms with Crippen LogP contribution in [-0.4, -0.2) is 18.1 Å². The van der Waals surface area contributed by atoms with E-state index < -0.39 is 6.10 Å². The number of rotatable bonds is 5. The lowest BCUT2D eigenvalue weighted by molar-refractivity contribution is -0.129. The monoisotopic (exact) mass is 323 g/mol. The number of fused-ring (bicyclic) bond motifs is 3. The van der Waals surface area contributed by atoms with Crippen molar-refractivity contribution >= 4 is 16.7 Å². The van der Waals surface area contributed by atoms with Crippen molar-refractivity contribution in [2.45, 2.75) is 51.2 Å². The largest absolute Gasteiger partial charge is 0.481 e. The molecule has 1 N–H and O–H groups in total. The summed E-state index contributed by atoms with van der Waals surface area (Å²) in [5, 5.41) is 5.58. The molecular weight excluding hydrogens is 298 g/mol. The number of amides is 1. The molecule has 0 saturated heterocycles. The highest BCUT2D eigenvalue weighted by molar-refractivity contribution is 5.84. The molecule has 2 saturated carbocycles. The Hall–Kier alpha value is -2.03. The number of benzene rings is 2. The zero-order valence-corrected chi connectivity index (χ0v) is 14.2. The third-order valence-corrected chi connectivity index (χ3v) is 5.73. The molecular formula is C21H25NO2. The van der Waals surface area contributed by atoms with E-state index in [0.717, 1.165) is 23.5 Å². The first-order valence-corrected chi connectivity index (χ1v) is 9.18. The van der Waals surface area contributed by atoms with Crippen molar-refractivity contribution in [1.29, 1.82) is 0 Å². The van der Waals surface area contributed by atoms with Crippen LogP contribution in [-0.2, 0) is 4.79 Å². The minimum absolute atomic E-state index is 0.0446. The third-order valence-electron chi connectivity index (χ3n) is 5.73. The number of nitrogens with one attached hydrogen (secondary N) is 1. The summed E-state index contributed by atoms with van der Waals surface area (Å²) in [4.78, 5) is 12.6. The Bertz CT molecular complexity index is 741. The standard InChI is InChI=1S/C21H25NO2/c1-2-20(21(23)22-19-12-14-7-8-17(19)11-14)24-18-10-9-15-5-3-4-6-16(15)13-18/h3-6,9-10,13-14,17,19-20H,2,7-8,11-12H2,1H3,(H,22,23)/t14-,17-,19+,20+/m0/s1. The van der Waals surface area contributed by atoms with Gasteiger partial charge in [0.15, 0.2) is 6.10 Å². The van der Waals surface area contributed by atoms with E-state index in [0.29, 0.717) is 18.4 Å². The van der Waals surface area contributed by atoms with Crippen LogP contribution in [0.1, 0.15) is 39.0 Å². The molecule has 0 spiro atoms. The minimum Gasteiger partial charge on any atom is -0.481 e. The lowest BCUT2D eigenvalue weighted by Gasteiger charge is -2.25. The van der Waals surface area contributed by atoms with Crippen LogP contribution < -0.4 is 10.1 Å². The molecule has 2 bridgehead atoms. The Labute approximate surface area is 143 Å². The molecule has 2 aromatic rings. The maximum atomic E-state index is 12.6. The molecule has 126 valence electrons. The van der Waals surface area contributed by atoms with Crippen LogP contribution in [0, 0.1) is 11.8 Å². The first-order chi connectivity index (χ1) is 11.7. The zero-order chi connectivity index (χ0) is 16.5. The Morgan fingerprint density at radius 3 is 2.71 bits per heavy atom. The maximum Gasteiger partial charge on any atom is 0.261 e. The number of hydrogen-bond acceptors (Lipinski definition) is 2. The van der Waals surface area contributed by atoms with Gasteiger partial charge in [0.25, 0.3) is 5.91 Å². The van der Waals surface area contributed by atoms with E-state index in [1.807, 2.05) is 37.3 Å². The van der Waals surface area contributed by atoms with Gasteiger partial charge in [-0.3, -0.25) is 4.79 Å². The summed E-state index contributed by atoms with van der Waals surface area (Å²) in [6.07, 6.45) is 5.35. The second-order valence-corrected chi connectivity index (χ2v) is 7.31. The van der Waals surface area contributed by atoms with Gasteiger partial charge in [-0.1, -0.05) is 43.7 Å². The molecule has 0 aromatic heterocycles. The lowest BCUT2D eigenvalue weighted by atomic mass is 9.95. The quantitative estimate of drug-likeness (QED) is 0.891. The highest BCUT2D eigenvalue weighted by atomic mass is 16.5. The summed E-state index contributed by atoms with van der Waals surface area (Å²) in [6.45, 7) is 2.01. The van der Waals surface area contributed by atoms with E-state index in [2.05, 4.69) is 17.4 Å². The second kappa shape index (κ2) is 6.46. The number of carbonyl (C=O) groups is 1. The number of ether oxygens (including phenoxy) is 1. The average molecular weight is 323 g/mol. The lowest BCUT2D eigenvalue weighted by Crippen LogP contribution is -2.45. The van der Waals surface area contributed by atoms with Crippen molar-refractivity contribution in [2.24, 2.45) is 11.8 Å². The first-order valence-electron chi connectivity index (χ1n) is 9.18. The van der Waals surface area contributed by atoms with E-state index in [1.165, 1.54) is 24.6 Å². The van der Waals surface area contributed by atoms with E-state index in [4.69, 9.17) is 4.74 Å². The fourth-order valence-corrected chi connectivity index (χ4v) is 4.42. The molecule has 4 atom stereocenters. The zero-order valence-electron chi connectivity index (χ0n) is 14.2. The molecule has 0 heterocycles. The topological polar surface area (TPSA) is 38.3 Å².